The molecule has 0 saturated heterocycles. The number of nitrogens with two attached hydrogens (primary N) is 1. The minimum atomic E-state index is -0.553. The van der Waals surface area contributed by atoms with Gasteiger partial charge in [0.15, 0.2) is 0 Å². The molecule has 2 amide bonds. The SMILES string of the molecule is CC(C)N(CC(N)=O)C(=O)c1cccc(C#CCO)c1. The van der Waals surface area contributed by atoms with Crippen LogP contribution in [0.5, 0.6) is 0 Å². The Morgan fingerprint density at radius 2 is 2.10 bits per heavy atom. The Balaban J connectivity index is 3.02. The average molecular weight is 274 g/mol. The summed E-state index contributed by atoms with van der Waals surface area (Å²) in [7, 11) is 0. The van der Waals surface area contributed by atoms with Crippen LogP contribution >= 0.6 is 0 Å². The first-order valence-corrected chi connectivity index (χ1v) is 6.24. The van der Waals surface area contributed by atoms with Gasteiger partial charge in [-0.25, -0.2) is 0 Å². The maximum Gasteiger partial charge on any atom is 0.254 e. The molecule has 0 saturated carbocycles. The molecule has 0 fully saturated rings. The second-order valence-corrected chi connectivity index (χ2v) is 4.53. The second-order valence-electron chi connectivity index (χ2n) is 4.53. The summed E-state index contributed by atoms with van der Waals surface area (Å²) >= 11 is 0. The fraction of sp³-hybridized carbons (Fsp3) is 0.333. The predicted octanol–water partition coefficient (Wildman–Crippen LogP) is 0.366. The molecule has 0 aliphatic heterocycles. The van der Waals surface area contributed by atoms with E-state index in [1.807, 2.05) is 13.8 Å². The third-order valence-corrected chi connectivity index (χ3v) is 2.63. The highest BCUT2D eigenvalue weighted by molar-refractivity contribution is 5.96. The van der Waals surface area contributed by atoms with Gasteiger partial charge in [-0.1, -0.05) is 17.9 Å². The number of carbonyl (C=O) groups excluding carboxylic acids is 2. The number of primary amides is 1. The summed E-state index contributed by atoms with van der Waals surface area (Å²) in [5.74, 6) is 4.43. The molecular weight excluding hydrogens is 256 g/mol. The number of benzene rings is 1. The number of aliphatic hydroxyl groups is 1. The Bertz CT molecular complexity index is 556. The molecule has 0 spiro atoms. The van der Waals surface area contributed by atoms with Crippen molar-refractivity contribution >= 4 is 11.8 Å². The predicted molar refractivity (Wildman–Crippen MR) is 75.8 cm³/mol. The number of amides is 2. The van der Waals surface area contributed by atoms with E-state index in [0.29, 0.717) is 11.1 Å². The summed E-state index contributed by atoms with van der Waals surface area (Å²) in [4.78, 5) is 24.8. The molecule has 20 heavy (non-hydrogen) atoms. The van der Waals surface area contributed by atoms with Crippen LogP contribution in [0.4, 0.5) is 0 Å². The van der Waals surface area contributed by atoms with Gasteiger partial charge < -0.3 is 15.7 Å². The summed E-state index contributed by atoms with van der Waals surface area (Å²) < 4.78 is 0. The lowest BCUT2D eigenvalue weighted by atomic mass is 10.1. The lowest BCUT2D eigenvalue weighted by Crippen LogP contribution is -2.42. The zero-order valence-electron chi connectivity index (χ0n) is 11.6. The van der Waals surface area contributed by atoms with Gasteiger partial charge in [0.05, 0.1) is 6.54 Å². The Hall–Kier alpha value is -2.32. The molecule has 0 unspecified atom stereocenters. The first-order chi connectivity index (χ1) is 9.45. The van der Waals surface area contributed by atoms with Crippen molar-refractivity contribution in [2.75, 3.05) is 13.2 Å². The maximum absolute atomic E-state index is 12.4. The van der Waals surface area contributed by atoms with Crippen molar-refractivity contribution in [3.05, 3.63) is 35.4 Å². The van der Waals surface area contributed by atoms with E-state index in [1.165, 1.54) is 4.90 Å². The fourth-order valence-corrected chi connectivity index (χ4v) is 1.69. The monoisotopic (exact) mass is 274 g/mol. The van der Waals surface area contributed by atoms with Crippen LogP contribution in [0.15, 0.2) is 24.3 Å². The molecular formula is C15H18N2O3. The van der Waals surface area contributed by atoms with Crippen LogP contribution in [0.25, 0.3) is 0 Å². The summed E-state index contributed by atoms with van der Waals surface area (Å²) in [6.45, 7) is 3.27. The zero-order valence-corrected chi connectivity index (χ0v) is 11.6. The van der Waals surface area contributed by atoms with Crippen LogP contribution in [0.2, 0.25) is 0 Å². The lowest BCUT2D eigenvalue weighted by molar-refractivity contribution is -0.119. The van der Waals surface area contributed by atoms with Gasteiger partial charge in [-0.05, 0) is 32.0 Å². The normalized spacial score (nSPS) is 9.80. The molecule has 0 radical (unpaired) electrons. The molecule has 0 aliphatic rings. The van der Waals surface area contributed by atoms with Crippen molar-refractivity contribution in [3.63, 3.8) is 0 Å². The van der Waals surface area contributed by atoms with E-state index >= 15 is 0 Å². The highest BCUT2D eigenvalue weighted by Crippen LogP contribution is 2.10. The quantitative estimate of drug-likeness (QED) is 0.778. The topological polar surface area (TPSA) is 83.6 Å². The van der Waals surface area contributed by atoms with E-state index < -0.39 is 5.91 Å². The molecule has 5 nitrogen and oxygen atoms in total. The van der Waals surface area contributed by atoms with Gasteiger partial charge >= 0.3 is 0 Å². The van der Waals surface area contributed by atoms with Gasteiger partial charge in [-0.2, -0.15) is 0 Å². The van der Waals surface area contributed by atoms with Crippen molar-refractivity contribution < 1.29 is 14.7 Å². The Morgan fingerprint density at radius 3 is 2.65 bits per heavy atom. The lowest BCUT2D eigenvalue weighted by Gasteiger charge is -2.25. The Morgan fingerprint density at radius 1 is 1.40 bits per heavy atom. The first kappa shape index (κ1) is 15.7. The molecule has 1 aromatic carbocycles. The second kappa shape index (κ2) is 7.31. The number of hydrogen-bond acceptors (Lipinski definition) is 3. The van der Waals surface area contributed by atoms with Gasteiger partial charge in [-0.15, -0.1) is 0 Å². The molecule has 1 rings (SSSR count). The van der Waals surface area contributed by atoms with E-state index in [4.69, 9.17) is 10.8 Å². The summed E-state index contributed by atoms with van der Waals surface area (Å²) in [5.41, 5.74) is 6.23. The molecule has 1 aromatic rings. The first-order valence-electron chi connectivity index (χ1n) is 6.24. The Labute approximate surface area is 118 Å². The molecule has 3 N–H and O–H groups in total. The van der Waals surface area contributed by atoms with Gasteiger partial charge in [0.25, 0.3) is 5.91 Å². The standard InChI is InChI=1S/C15H18N2O3/c1-11(2)17(10-14(16)19)15(20)13-7-3-5-12(9-13)6-4-8-18/h3,5,7,9,11,18H,8,10H2,1-2H3,(H2,16,19). The third-order valence-electron chi connectivity index (χ3n) is 2.63. The maximum atomic E-state index is 12.4. The average Bonchev–Trinajstić information content (AvgIpc) is 2.41. The minimum absolute atomic E-state index is 0.122. The molecule has 0 atom stereocenters. The van der Waals surface area contributed by atoms with E-state index in [9.17, 15) is 9.59 Å². The van der Waals surface area contributed by atoms with Crippen molar-refractivity contribution in [3.8, 4) is 11.8 Å². The zero-order chi connectivity index (χ0) is 15.1. The highest BCUT2D eigenvalue weighted by atomic mass is 16.2. The Kier molecular flexibility index (Phi) is 5.75. The van der Waals surface area contributed by atoms with Crippen molar-refractivity contribution in [2.45, 2.75) is 19.9 Å². The molecule has 0 bridgehead atoms. The number of hydrogen-bond donors (Lipinski definition) is 2. The van der Waals surface area contributed by atoms with E-state index in [0.717, 1.165) is 0 Å². The van der Waals surface area contributed by atoms with Crippen LogP contribution in [0.3, 0.4) is 0 Å². The van der Waals surface area contributed by atoms with E-state index in [-0.39, 0.29) is 25.1 Å². The van der Waals surface area contributed by atoms with Crippen LogP contribution < -0.4 is 5.73 Å². The van der Waals surface area contributed by atoms with E-state index in [2.05, 4.69) is 11.8 Å². The molecule has 106 valence electrons. The van der Waals surface area contributed by atoms with Crippen LogP contribution in [-0.4, -0.2) is 41.0 Å². The van der Waals surface area contributed by atoms with Crippen LogP contribution in [0.1, 0.15) is 29.8 Å². The molecule has 5 heteroatoms. The largest absolute Gasteiger partial charge is 0.384 e. The van der Waals surface area contributed by atoms with Gasteiger partial charge in [-0.3, -0.25) is 9.59 Å². The number of aliphatic hydroxyl groups excluding tert-OH is 1. The third kappa shape index (κ3) is 4.41. The highest BCUT2D eigenvalue weighted by Gasteiger charge is 2.20. The molecule has 0 heterocycles. The molecule has 0 aliphatic carbocycles. The summed E-state index contributed by atoms with van der Waals surface area (Å²) in [6.07, 6.45) is 0. The van der Waals surface area contributed by atoms with Crippen LogP contribution in [-0.2, 0) is 4.79 Å². The molecule has 0 aromatic heterocycles. The van der Waals surface area contributed by atoms with Gasteiger partial charge in [0.2, 0.25) is 5.91 Å². The number of nitrogens with zero attached hydrogens (tertiary/aromatic N) is 1. The van der Waals surface area contributed by atoms with Gasteiger partial charge in [0, 0.05) is 17.2 Å². The van der Waals surface area contributed by atoms with Gasteiger partial charge in [0.1, 0.15) is 6.61 Å². The number of carbonyl (C=O) groups is 2. The smallest absolute Gasteiger partial charge is 0.254 e. The summed E-state index contributed by atoms with van der Waals surface area (Å²) in [6, 6.07) is 6.59. The summed E-state index contributed by atoms with van der Waals surface area (Å²) in [5, 5.41) is 8.67. The fourth-order valence-electron chi connectivity index (χ4n) is 1.69. The minimum Gasteiger partial charge on any atom is -0.384 e. The van der Waals surface area contributed by atoms with Crippen molar-refractivity contribution in [1.29, 1.82) is 0 Å². The van der Waals surface area contributed by atoms with Crippen molar-refractivity contribution in [2.24, 2.45) is 5.73 Å². The van der Waals surface area contributed by atoms with Crippen molar-refractivity contribution in [1.82, 2.24) is 4.90 Å². The van der Waals surface area contributed by atoms with Crippen LogP contribution in [0, 0.1) is 11.8 Å². The number of rotatable bonds is 4. The van der Waals surface area contributed by atoms with E-state index in [1.54, 1.807) is 24.3 Å².